The van der Waals surface area contributed by atoms with E-state index in [1.165, 1.54) is 0 Å². The summed E-state index contributed by atoms with van der Waals surface area (Å²) in [6.07, 6.45) is 0.142. The molecule has 0 spiro atoms. The van der Waals surface area contributed by atoms with Crippen LogP contribution in [0.3, 0.4) is 0 Å². The highest BCUT2D eigenvalue weighted by atomic mass is 32.2. The van der Waals surface area contributed by atoms with Crippen LogP contribution in [0.25, 0.3) is 0 Å². The van der Waals surface area contributed by atoms with Crippen molar-refractivity contribution in [2.24, 2.45) is 5.92 Å². The zero-order valence-corrected chi connectivity index (χ0v) is 14.2. The molecular weight excluding hydrogens is 288 g/mol. The maximum atomic E-state index is 12.3. The van der Waals surface area contributed by atoms with Gasteiger partial charge < -0.3 is 10.0 Å². The molecule has 0 bridgehead atoms. The number of sulfonamides is 1. The molecule has 1 rings (SSSR count). The van der Waals surface area contributed by atoms with E-state index in [2.05, 4.69) is 4.72 Å². The van der Waals surface area contributed by atoms with Crippen LogP contribution in [0, 0.1) is 12.8 Å². The van der Waals surface area contributed by atoms with E-state index in [-0.39, 0.29) is 10.8 Å². The van der Waals surface area contributed by atoms with Crippen LogP contribution >= 0.6 is 0 Å². The molecule has 0 radical (unpaired) electrons. The van der Waals surface area contributed by atoms with Crippen molar-refractivity contribution in [1.82, 2.24) is 4.72 Å². The lowest BCUT2D eigenvalue weighted by Crippen LogP contribution is -2.29. The van der Waals surface area contributed by atoms with E-state index in [9.17, 15) is 13.5 Å². The summed E-state index contributed by atoms with van der Waals surface area (Å²) in [5.41, 5.74) is 1.91. The fourth-order valence-electron chi connectivity index (χ4n) is 2.24. The Balaban J connectivity index is 2.86. The van der Waals surface area contributed by atoms with Crippen molar-refractivity contribution in [3.05, 3.63) is 23.8 Å². The summed E-state index contributed by atoms with van der Waals surface area (Å²) in [5, 5.41) is 9.31. The van der Waals surface area contributed by atoms with Gasteiger partial charge in [-0.05, 0) is 43.9 Å². The van der Waals surface area contributed by atoms with Gasteiger partial charge in [0, 0.05) is 26.3 Å². The highest BCUT2D eigenvalue weighted by molar-refractivity contribution is 7.89. The van der Waals surface area contributed by atoms with Gasteiger partial charge in [0.2, 0.25) is 10.0 Å². The van der Waals surface area contributed by atoms with E-state index in [4.69, 9.17) is 0 Å². The van der Waals surface area contributed by atoms with Crippen molar-refractivity contribution >= 4 is 15.7 Å². The maximum Gasteiger partial charge on any atom is 0.240 e. The van der Waals surface area contributed by atoms with Crippen LogP contribution in [0.2, 0.25) is 0 Å². The van der Waals surface area contributed by atoms with Gasteiger partial charge in [-0.25, -0.2) is 13.1 Å². The van der Waals surface area contributed by atoms with E-state index >= 15 is 0 Å². The van der Waals surface area contributed by atoms with E-state index in [0.29, 0.717) is 13.0 Å². The average molecular weight is 314 g/mol. The van der Waals surface area contributed by atoms with Crippen molar-refractivity contribution in [3.8, 4) is 0 Å². The molecule has 5 nitrogen and oxygen atoms in total. The lowest BCUT2D eigenvalue weighted by Gasteiger charge is -2.18. The van der Waals surface area contributed by atoms with E-state index in [1.54, 1.807) is 19.1 Å². The van der Waals surface area contributed by atoms with Crippen LogP contribution in [-0.2, 0) is 10.0 Å². The number of anilines is 1. The third-order valence-electron chi connectivity index (χ3n) is 3.34. The molecule has 0 heterocycles. The summed E-state index contributed by atoms with van der Waals surface area (Å²) in [6.45, 7) is 5.88. The van der Waals surface area contributed by atoms with E-state index in [1.807, 2.05) is 38.9 Å². The largest absolute Gasteiger partial charge is 0.393 e. The van der Waals surface area contributed by atoms with Gasteiger partial charge in [-0.3, -0.25) is 0 Å². The number of aliphatic hydroxyl groups is 1. The standard InChI is InChI=1S/C15H26N2O3S/c1-11(8-13(3)18)10-16-21(19,20)14-7-6-12(2)15(9-14)17(4)5/h6-7,9,11,13,16,18H,8,10H2,1-5H3. The van der Waals surface area contributed by atoms with Gasteiger partial charge in [-0.1, -0.05) is 13.0 Å². The summed E-state index contributed by atoms with van der Waals surface area (Å²) in [6, 6.07) is 5.10. The SMILES string of the molecule is Cc1ccc(S(=O)(=O)NCC(C)CC(C)O)cc1N(C)C. The molecule has 2 N–H and O–H groups in total. The van der Waals surface area contributed by atoms with E-state index in [0.717, 1.165) is 11.3 Å². The minimum absolute atomic E-state index is 0.0820. The summed E-state index contributed by atoms with van der Waals surface area (Å²) in [4.78, 5) is 2.16. The second-order valence-electron chi connectivity index (χ2n) is 5.88. The third kappa shape index (κ3) is 5.30. The minimum atomic E-state index is -3.52. The molecule has 0 amide bonds. The lowest BCUT2D eigenvalue weighted by molar-refractivity contribution is 0.165. The summed E-state index contributed by atoms with van der Waals surface area (Å²) in [7, 11) is 0.249. The Labute approximate surface area is 128 Å². The molecule has 2 unspecified atom stereocenters. The normalized spacial score (nSPS) is 14.8. The lowest BCUT2D eigenvalue weighted by atomic mass is 10.1. The molecule has 0 aliphatic carbocycles. The van der Waals surface area contributed by atoms with E-state index < -0.39 is 16.1 Å². The number of aryl methyl sites for hydroxylation is 1. The smallest absolute Gasteiger partial charge is 0.240 e. The molecular formula is C15H26N2O3S. The van der Waals surface area contributed by atoms with Crippen molar-refractivity contribution in [2.75, 3.05) is 25.5 Å². The number of rotatable bonds is 7. The number of nitrogens with zero attached hydrogens (tertiary/aromatic N) is 1. The number of aliphatic hydroxyl groups excluding tert-OH is 1. The third-order valence-corrected chi connectivity index (χ3v) is 4.76. The number of hydrogen-bond acceptors (Lipinski definition) is 4. The summed E-state index contributed by atoms with van der Waals surface area (Å²) in [5.74, 6) is 0.0820. The fraction of sp³-hybridized carbons (Fsp3) is 0.600. The predicted molar refractivity (Wildman–Crippen MR) is 86.2 cm³/mol. The van der Waals surface area contributed by atoms with Gasteiger partial charge in [0.25, 0.3) is 0 Å². The predicted octanol–water partition coefficient (Wildman–Crippen LogP) is 1.75. The van der Waals surface area contributed by atoms with Gasteiger partial charge in [0.1, 0.15) is 0 Å². The molecule has 2 atom stereocenters. The second-order valence-corrected chi connectivity index (χ2v) is 7.65. The topological polar surface area (TPSA) is 69.6 Å². The van der Waals surface area contributed by atoms with Crippen molar-refractivity contribution in [3.63, 3.8) is 0 Å². The van der Waals surface area contributed by atoms with Crippen LogP contribution in [0.15, 0.2) is 23.1 Å². The molecule has 21 heavy (non-hydrogen) atoms. The highest BCUT2D eigenvalue weighted by Gasteiger charge is 2.17. The molecule has 0 aliphatic rings. The molecule has 1 aromatic carbocycles. The molecule has 0 saturated carbocycles. The van der Waals surface area contributed by atoms with Gasteiger partial charge >= 0.3 is 0 Å². The Morgan fingerprint density at radius 2 is 1.90 bits per heavy atom. The van der Waals surface area contributed by atoms with Gasteiger partial charge in [-0.15, -0.1) is 0 Å². The minimum Gasteiger partial charge on any atom is -0.393 e. The number of hydrogen-bond donors (Lipinski definition) is 2. The highest BCUT2D eigenvalue weighted by Crippen LogP contribution is 2.22. The molecule has 0 fully saturated rings. The first-order valence-corrected chi connectivity index (χ1v) is 8.57. The molecule has 6 heteroatoms. The van der Waals surface area contributed by atoms with Crippen molar-refractivity contribution in [2.45, 2.75) is 38.2 Å². The first kappa shape index (κ1) is 17.9. The molecule has 120 valence electrons. The van der Waals surface area contributed by atoms with Gasteiger partial charge in [-0.2, -0.15) is 0 Å². The zero-order chi connectivity index (χ0) is 16.2. The number of benzene rings is 1. The Morgan fingerprint density at radius 3 is 2.43 bits per heavy atom. The van der Waals surface area contributed by atoms with Crippen LogP contribution in [0.1, 0.15) is 25.8 Å². The molecule has 1 aromatic rings. The Kier molecular flexibility index (Phi) is 6.19. The number of nitrogens with one attached hydrogen (secondary N) is 1. The Bertz CT molecular complexity index is 568. The molecule has 0 aromatic heterocycles. The Hall–Kier alpha value is -1.11. The Morgan fingerprint density at radius 1 is 1.29 bits per heavy atom. The average Bonchev–Trinajstić information content (AvgIpc) is 2.35. The quantitative estimate of drug-likeness (QED) is 0.804. The summed E-state index contributed by atoms with van der Waals surface area (Å²) >= 11 is 0. The van der Waals surface area contributed by atoms with Crippen LogP contribution in [-0.4, -0.2) is 40.3 Å². The monoisotopic (exact) mass is 314 g/mol. The second kappa shape index (κ2) is 7.24. The van der Waals surface area contributed by atoms with Gasteiger partial charge in [0.15, 0.2) is 0 Å². The van der Waals surface area contributed by atoms with Crippen molar-refractivity contribution in [1.29, 1.82) is 0 Å². The first-order valence-electron chi connectivity index (χ1n) is 7.09. The first-order chi connectivity index (χ1) is 9.63. The maximum absolute atomic E-state index is 12.3. The van der Waals surface area contributed by atoms with Crippen molar-refractivity contribution < 1.29 is 13.5 Å². The molecule has 0 aliphatic heterocycles. The molecule has 0 saturated heterocycles. The van der Waals surface area contributed by atoms with Crippen LogP contribution in [0.4, 0.5) is 5.69 Å². The van der Waals surface area contributed by atoms with Crippen LogP contribution in [0.5, 0.6) is 0 Å². The zero-order valence-electron chi connectivity index (χ0n) is 13.4. The fourth-order valence-corrected chi connectivity index (χ4v) is 3.42. The van der Waals surface area contributed by atoms with Gasteiger partial charge in [0.05, 0.1) is 11.0 Å². The van der Waals surface area contributed by atoms with Crippen LogP contribution < -0.4 is 9.62 Å². The summed E-state index contributed by atoms with van der Waals surface area (Å²) < 4.78 is 27.2.